The van der Waals surface area contributed by atoms with Crippen LogP contribution in [0.4, 0.5) is 0 Å². The zero-order valence-electron chi connectivity index (χ0n) is 13.6. The van der Waals surface area contributed by atoms with Gasteiger partial charge in [-0.2, -0.15) is 5.26 Å². The summed E-state index contributed by atoms with van der Waals surface area (Å²) >= 11 is 0. The first-order chi connectivity index (χ1) is 10.5. The number of aromatic nitrogens is 1. The molecule has 0 saturated heterocycles. The summed E-state index contributed by atoms with van der Waals surface area (Å²) in [6, 6.07) is 12.2. The molecule has 0 fully saturated rings. The molecule has 22 heavy (non-hydrogen) atoms. The Bertz CT molecular complexity index is 737. The number of hydrogen-bond acceptors (Lipinski definition) is 2. The lowest BCUT2D eigenvalue weighted by Gasteiger charge is -2.16. The topological polar surface area (TPSA) is 49.0 Å². The van der Waals surface area contributed by atoms with Gasteiger partial charge < -0.3 is 9.47 Å². The van der Waals surface area contributed by atoms with Gasteiger partial charge in [0.15, 0.2) is 0 Å². The maximum absolute atomic E-state index is 12.5. The number of carbonyl (C=O) groups excluding carboxylic acids is 1. The second kappa shape index (κ2) is 6.48. The number of nitriles is 1. The van der Waals surface area contributed by atoms with Gasteiger partial charge in [0, 0.05) is 30.7 Å². The van der Waals surface area contributed by atoms with Crippen LogP contribution in [0.3, 0.4) is 0 Å². The molecule has 0 aliphatic heterocycles. The minimum atomic E-state index is -0.0396. The predicted molar refractivity (Wildman–Crippen MR) is 87.2 cm³/mol. The Labute approximate surface area is 131 Å². The van der Waals surface area contributed by atoms with Crippen molar-refractivity contribution in [1.29, 1.82) is 5.26 Å². The van der Waals surface area contributed by atoms with E-state index in [0.717, 1.165) is 17.1 Å². The molecule has 4 nitrogen and oxygen atoms in total. The lowest BCUT2D eigenvalue weighted by atomic mass is 10.2. The van der Waals surface area contributed by atoms with E-state index in [2.05, 4.69) is 29.7 Å². The third-order valence-electron chi connectivity index (χ3n) is 3.83. The normalized spacial score (nSPS) is 10.3. The van der Waals surface area contributed by atoms with E-state index < -0.39 is 0 Å². The fourth-order valence-electron chi connectivity index (χ4n) is 2.67. The van der Waals surface area contributed by atoms with E-state index in [0.29, 0.717) is 18.5 Å². The van der Waals surface area contributed by atoms with Crippen LogP contribution in [-0.4, -0.2) is 29.0 Å². The van der Waals surface area contributed by atoms with E-state index in [1.807, 2.05) is 32.0 Å². The lowest BCUT2D eigenvalue weighted by Crippen LogP contribution is -2.27. The fourth-order valence-corrected chi connectivity index (χ4v) is 2.67. The van der Waals surface area contributed by atoms with E-state index in [-0.39, 0.29) is 5.91 Å². The van der Waals surface area contributed by atoms with Crippen molar-refractivity contribution in [3.8, 4) is 11.8 Å². The van der Waals surface area contributed by atoms with Gasteiger partial charge in [-0.3, -0.25) is 4.79 Å². The summed E-state index contributed by atoms with van der Waals surface area (Å²) < 4.78 is 2.10. The Morgan fingerprint density at radius 2 is 2.00 bits per heavy atom. The van der Waals surface area contributed by atoms with Crippen molar-refractivity contribution in [2.45, 2.75) is 27.2 Å². The Kier molecular flexibility index (Phi) is 4.67. The van der Waals surface area contributed by atoms with Crippen LogP contribution in [0.25, 0.3) is 5.69 Å². The molecule has 0 bridgehead atoms. The van der Waals surface area contributed by atoms with Gasteiger partial charge in [0.25, 0.3) is 5.91 Å². The number of benzene rings is 1. The maximum atomic E-state index is 12.5. The molecule has 2 aromatic rings. The van der Waals surface area contributed by atoms with Crippen LogP contribution in [0.5, 0.6) is 0 Å². The largest absolute Gasteiger partial charge is 0.341 e. The summed E-state index contributed by atoms with van der Waals surface area (Å²) in [5.41, 5.74) is 4.90. The maximum Gasteiger partial charge on any atom is 0.255 e. The van der Waals surface area contributed by atoms with Crippen LogP contribution in [-0.2, 0) is 0 Å². The van der Waals surface area contributed by atoms with Gasteiger partial charge in [-0.05, 0) is 44.5 Å². The van der Waals surface area contributed by atoms with Gasteiger partial charge in [-0.1, -0.05) is 12.1 Å². The van der Waals surface area contributed by atoms with E-state index in [1.165, 1.54) is 5.56 Å². The van der Waals surface area contributed by atoms with Crippen molar-refractivity contribution in [2.75, 3.05) is 13.6 Å². The van der Waals surface area contributed by atoms with Gasteiger partial charge in [-0.25, -0.2) is 0 Å². The van der Waals surface area contributed by atoms with E-state index in [9.17, 15) is 4.79 Å². The number of amides is 1. The summed E-state index contributed by atoms with van der Waals surface area (Å²) in [6.45, 7) is 6.46. The highest BCUT2D eigenvalue weighted by atomic mass is 16.2. The molecule has 0 spiro atoms. The fraction of sp³-hybridized carbons (Fsp3) is 0.333. The van der Waals surface area contributed by atoms with E-state index >= 15 is 0 Å². The number of rotatable bonds is 4. The Morgan fingerprint density at radius 3 is 2.64 bits per heavy atom. The van der Waals surface area contributed by atoms with Crippen molar-refractivity contribution in [3.63, 3.8) is 0 Å². The monoisotopic (exact) mass is 295 g/mol. The molecule has 1 aromatic heterocycles. The summed E-state index contributed by atoms with van der Waals surface area (Å²) in [6.07, 6.45) is 0.346. The van der Waals surface area contributed by atoms with Gasteiger partial charge >= 0.3 is 0 Å². The average Bonchev–Trinajstić information content (AvgIpc) is 2.78. The summed E-state index contributed by atoms with van der Waals surface area (Å²) in [4.78, 5) is 14.1. The molecule has 1 amide bonds. The smallest absolute Gasteiger partial charge is 0.255 e. The molecule has 0 atom stereocenters. The van der Waals surface area contributed by atoms with E-state index in [1.54, 1.807) is 11.9 Å². The van der Waals surface area contributed by atoms with Crippen LogP contribution in [0, 0.1) is 32.1 Å². The number of nitrogens with zero attached hydrogens (tertiary/aromatic N) is 3. The van der Waals surface area contributed by atoms with Gasteiger partial charge in [0.05, 0.1) is 18.1 Å². The van der Waals surface area contributed by atoms with Crippen LogP contribution in [0.15, 0.2) is 30.3 Å². The SMILES string of the molecule is Cc1cccc(-n2c(C)cc(C(=O)N(C)CCC#N)c2C)c1. The van der Waals surface area contributed by atoms with Crippen LogP contribution < -0.4 is 0 Å². The predicted octanol–water partition coefficient (Wildman–Crippen LogP) is 3.39. The molecular formula is C18H21N3O. The first kappa shape index (κ1) is 15.8. The zero-order valence-corrected chi connectivity index (χ0v) is 13.6. The van der Waals surface area contributed by atoms with E-state index in [4.69, 9.17) is 5.26 Å². The first-order valence-electron chi connectivity index (χ1n) is 7.34. The molecule has 0 aliphatic carbocycles. The average molecular weight is 295 g/mol. The number of aryl methyl sites for hydroxylation is 2. The standard InChI is InChI=1S/C18H21N3O/c1-13-7-5-8-16(11-13)21-14(2)12-17(15(21)3)18(22)20(4)10-6-9-19/h5,7-8,11-12H,6,10H2,1-4H3. The van der Waals surface area contributed by atoms with Crippen LogP contribution in [0.1, 0.15) is 33.7 Å². The molecule has 0 aliphatic rings. The molecule has 2 rings (SSSR count). The first-order valence-corrected chi connectivity index (χ1v) is 7.34. The third kappa shape index (κ3) is 3.04. The third-order valence-corrected chi connectivity index (χ3v) is 3.83. The molecule has 4 heteroatoms. The quantitative estimate of drug-likeness (QED) is 0.868. The second-order valence-electron chi connectivity index (χ2n) is 5.59. The lowest BCUT2D eigenvalue weighted by molar-refractivity contribution is 0.0797. The molecule has 1 aromatic carbocycles. The Hall–Kier alpha value is -2.54. The molecular weight excluding hydrogens is 274 g/mol. The minimum absolute atomic E-state index is 0.0396. The van der Waals surface area contributed by atoms with Crippen molar-refractivity contribution < 1.29 is 4.79 Å². The second-order valence-corrected chi connectivity index (χ2v) is 5.59. The molecule has 0 saturated carbocycles. The summed E-state index contributed by atoms with van der Waals surface area (Å²) in [5, 5.41) is 8.65. The Balaban J connectivity index is 2.39. The van der Waals surface area contributed by atoms with Crippen molar-refractivity contribution in [3.05, 3.63) is 52.8 Å². The molecule has 0 radical (unpaired) electrons. The highest BCUT2D eigenvalue weighted by molar-refractivity contribution is 5.95. The molecule has 0 N–H and O–H groups in total. The molecule has 0 unspecified atom stereocenters. The van der Waals surface area contributed by atoms with Crippen LogP contribution >= 0.6 is 0 Å². The van der Waals surface area contributed by atoms with Crippen molar-refractivity contribution >= 4 is 5.91 Å². The Morgan fingerprint density at radius 1 is 1.27 bits per heavy atom. The summed E-state index contributed by atoms with van der Waals surface area (Å²) in [7, 11) is 1.73. The van der Waals surface area contributed by atoms with Gasteiger partial charge in [0.1, 0.15) is 0 Å². The number of hydrogen-bond donors (Lipinski definition) is 0. The highest BCUT2D eigenvalue weighted by Gasteiger charge is 2.19. The zero-order chi connectivity index (χ0) is 16.3. The highest BCUT2D eigenvalue weighted by Crippen LogP contribution is 2.22. The number of carbonyl (C=O) groups is 1. The molecule has 114 valence electrons. The van der Waals surface area contributed by atoms with Gasteiger partial charge in [-0.15, -0.1) is 0 Å². The van der Waals surface area contributed by atoms with Gasteiger partial charge in [0.2, 0.25) is 0 Å². The summed E-state index contributed by atoms with van der Waals surface area (Å²) in [5.74, 6) is -0.0396. The van der Waals surface area contributed by atoms with Crippen LogP contribution in [0.2, 0.25) is 0 Å². The van der Waals surface area contributed by atoms with Crippen molar-refractivity contribution in [1.82, 2.24) is 9.47 Å². The van der Waals surface area contributed by atoms with Crippen molar-refractivity contribution in [2.24, 2.45) is 0 Å². The molecule has 1 heterocycles. The minimum Gasteiger partial charge on any atom is -0.341 e.